The van der Waals surface area contributed by atoms with Crippen LogP contribution in [0.25, 0.3) is 5.57 Å². The summed E-state index contributed by atoms with van der Waals surface area (Å²) in [5, 5.41) is 9.66. The molecule has 4 nitrogen and oxygen atoms in total. The maximum absolute atomic E-state index is 9.66. The van der Waals surface area contributed by atoms with Crippen molar-refractivity contribution in [3.8, 4) is 17.2 Å². The van der Waals surface area contributed by atoms with Crippen molar-refractivity contribution >= 4 is 5.57 Å². The second-order valence-electron chi connectivity index (χ2n) is 3.04. The van der Waals surface area contributed by atoms with Crippen molar-refractivity contribution in [1.29, 1.82) is 0 Å². The molecule has 0 aliphatic carbocycles. The quantitative estimate of drug-likeness (QED) is 0.786. The molecule has 0 radical (unpaired) electrons. The molecule has 0 unspecified atom stereocenters. The Morgan fingerprint density at radius 3 is 2.13 bits per heavy atom. The smallest absolute Gasteiger partial charge is 0.200 e. The standard InChI is InChI=1S/C11H15NO3/c1-7(6-12)8-4-9(14-2)11(13)10(5-8)15-3/h4-5,13H,1,6,12H2,2-3H3. The van der Waals surface area contributed by atoms with Gasteiger partial charge in [-0.1, -0.05) is 6.58 Å². The number of nitrogens with two attached hydrogens (primary N) is 1. The average Bonchev–Trinajstić information content (AvgIpc) is 2.28. The highest BCUT2D eigenvalue weighted by Crippen LogP contribution is 2.38. The summed E-state index contributed by atoms with van der Waals surface area (Å²) in [4.78, 5) is 0. The highest BCUT2D eigenvalue weighted by molar-refractivity contribution is 5.70. The van der Waals surface area contributed by atoms with Crippen LogP contribution in [-0.2, 0) is 0 Å². The van der Waals surface area contributed by atoms with Crippen molar-refractivity contribution in [2.45, 2.75) is 0 Å². The maximum Gasteiger partial charge on any atom is 0.200 e. The Bertz CT molecular complexity index is 349. The SMILES string of the molecule is C=C(CN)c1cc(OC)c(O)c(OC)c1. The van der Waals surface area contributed by atoms with E-state index < -0.39 is 0 Å². The summed E-state index contributed by atoms with van der Waals surface area (Å²) in [6, 6.07) is 3.35. The summed E-state index contributed by atoms with van der Waals surface area (Å²) in [6.45, 7) is 4.15. The lowest BCUT2D eigenvalue weighted by molar-refractivity contribution is 0.339. The summed E-state index contributed by atoms with van der Waals surface area (Å²) < 4.78 is 10.0. The zero-order chi connectivity index (χ0) is 11.4. The third-order valence-corrected chi connectivity index (χ3v) is 2.13. The number of benzene rings is 1. The van der Waals surface area contributed by atoms with Crippen LogP contribution < -0.4 is 15.2 Å². The van der Waals surface area contributed by atoms with E-state index in [9.17, 15) is 5.11 Å². The van der Waals surface area contributed by atoms with Gasteiger partial charge in [0, 0.05) is 6.54 Å². The van der Waals surface area contributed by atoms with Crippen molar-refractivity contribution in [3.05, 3.63) is 24.3 Å². The van der Waals surface area contributed by atoms with E-state index in [1.165, 1.54) is 14.2 Å². The van der Waals surface area contributed by atoms with Crippen LogP contribution in [0.5, 0.6) is 17.2 Å². The molecule has 0 aliphatic heterocycles. The molecule has 0 aromatic heterocycles. The first-order chi connectivity index (χ1) is 7.13. The monoisotopic (exact) mass is 209 g/mol. The molecular weight excluding hydrogens is 194 g/mol. The molecule has 15 heavy (non-hydrogen) atoms. The van der Waals surface area contributed by atoms with Crippen molar-refractivity contribution in [3.63, 3.8) is 0 Å². The second-order valence-corrected chi connectivity index (χ2v) is 3.04. The van der Waals surface area contributed by atoms with Gasteiger partial charge in [0.25, 0.3) is 0 Å². The number of aromatic hydroxyl groups is 1. The Morgan fingerprint density at radius 1 is 1.33 bits per heavy atom. The van der Waals surface area contributed by atoms with Crippen molar-refractivity contribution in [2.24, 2.45) is 5.73 Å². The van der Waals surface area contributed by atoms with E-state index in [1.54, 1.807) is 12.1 Å². The van der Waals surface area contributed by atoms with E-state index >= 15 is 0 Å². The van der Waals surface area contributed by atoms with Crippen LogP contribution in [0, 0.1) is 0 Å². The molecule has 0 fully saturated rings. The van der Waals surface area contributed by atoms with Gasteiger partial charge < -0.3 is 20.3 Å². The van der Waals surface area contributed by atoms with Crippen LogP contribution in [-0.4, -0.2) is 25.9 Å². The summed E-state index contributed by atoms with van der Waals surface area (Å²) in [7, 11) is 2.95. The largest absolute Gasteiger partial charge is 0.502 e. The Kier molecular flexibility index (Phi) is 3.57. The Hall–Kier alpha value is -1.68. The topological polar surface area (TPSA) is 64.7 Å². The number of phenolic OH excluding ortho intramolecular Hbond substituents is 1. The van der Waals surface area contributed by atoms with Gasteiger partial charge in [0.05, 0.1) is 14.2 Å². The van der Waals surface area contributed by atoms with Gasteiger partial charge >= 0.3 is 0 Å². The van der Waals surface area contributed by atoms with Gasteiger partial charge in [0.15, 0.2) is 11.5 Å². The van der Waals surface area contributed by atoms with Crippen molar-refractivity contribution in [1.82, 2.24) is 0 Å². The molecular formula is C11H15NO3. The van der Waals surface area contributed by atoms with Gasteiger partial charge in [0.1, 0.15) is 0 Å². The lowest BCUT2D eigenvalue weighted by atomic mass is 10.1. The molecule has 0 spiro atoms. The molecule has 1 aromatic rings. The molecule has 0 bridgehead atoms. The molecule has 3 N–H and O–H groups in total. The van der Waals surface area contributed by atoms with Crippen molar-refractivity contribution < 1.29 is 14.6 Å². The fourth-order valence-electron chi connectivity index (χ4n) is 1.22. The lowest BCUT2D eigenvalue weighted by Gasteiger charge is -2.11. The van der Waals surface area contributed by atoms with Crippen molar-refractivity contribution in [2.75, 3.05) is 20.8 Å². The number of rotatable bonds is 4. The van der Waals surface area contributed by atoms with Gasteiger partial charge in [-0.15, -0.1) is 0 Å². The van der Waals surface area contributed by atoms with E-state index in [-0.39, 0.29) is 5.75 Å². The molecule has 0 amide bonds. The van der Waals surface area contributed by atoms with E-state index in [1.807, 2.05) is 0 Å². The molecule has 0 atom stereocenters. The number of ether oxygens (including phenoxy) is 2. The highest BCUT2D eigenvalue weighted by Gasteiger charge is 2.11. The maximum atomic E-state index is 9.66. The highest BCUT2D eigenvalue weighted by atomic mass is 16.5. The zero-order valence-electron chi connectivity index (χ0n) is 8.91. The van der Waals surface area contributed by atoms with E-state index in [0.717, 1.165) is 11.1 Å². The first-order valence-corrected chi connectivity index (χ1v) is 4.47. The van der Waals surface area contributed by atoms with Gasteiger partial charge in [-0.2, -0.15) is 0 Å². The first kappa shape index (κ1) is 11.4. The summed E-state index contributed by atoms with van der Waals surface area (Å²) >= 11 is 0. The minimum absolute atomic E-state index is 0.0198. The summed E-state index contributed by atoms with van der Waals surface area (Å²) in [6.07, 6.45) is 0. The minimum Gasteiger partial charge on any atom is -0.502 e. The predicted octanol–water partition coefficient (Wildman–Crippen LogP) is 1.38. The first-order valence-electron chi connectivity index (χ1n) is 4.47. The number of hydrogen-bond acceptors (Lipinski definition) is 4. The van der Waals surface area contributed by atoms with Gasteiger partial charge in [-0.25, -0.2) is 0 Å². The fraction of sp³-hybridized carbons (Fsp3) is 0.273. The molecule has 1 aromatic carbocycles. The molecule has 0 saturated carbocycles. The summed E-state index contributed by atoms with van der Waals surface area (Å²) in [5.74, 6) is 0.673. The van der Waals surface area contributed by atoms with Crippen LogP contribution in [0.15, 0.2) is 18.7 Å². The van der Waals surface area contributed by atoms with E-state index in [0.29, 0.717) is 18.0 Å². The average molecular weight is 209 g/mol. The molecule has 0 saturated heterocycles. The van der Waals surface area contributed by atoms with Crippen LogP contribution >= 0.6 is 0 Å². The van der Waals surface area contributed by atoms with Crippen LogP contribution in [0.4, 0.5) is 0 Å². The molecule has 1 rings (SSSR count). The van der Waals surface area contributed by atoms with E-state index in [4.69, 9.17) is 15.2 Å². The predicted molar refractivity (Wildman–Crippen MR) is 59.3 cm³/mol. The molecule has 0 heterocycles. The number of phenols is 1. The van der Waals surface area contributed by atoms with Gasteiger partial charge in [-0.3, -0.25) is 0 Å². The summed E-state index contributed by atoms with van der Waals surface area (Å²) in [5.41, 5.74) is 7.03. The second kappa shape index (κ2) is 4.70. The third-order valence-electron chi connectivity index (χ3n) is 2.13. The van der Waals surface area contributed by atoms with Gasteiger partial charge in [0.2, 0.25) is 5.75 Å². The van der Waals surface area contributed by atoms with E-state index in [2.05, 4.69) is 6.58 Å². The number of hydrogen-bond donors (Lipinski definition) is 2. The fourth-order valence-corrected chi connectivity index (χ4v) is 1.22. The Morgan fingerprint density at radius 2 is 1.80 bits per heavy atom. The number of methoxy groups -OCH3 is 2. The Balaban J connectivity index is 3.26. The normalized spacial score (nSPS) is 9.80. The lowest BCUT2D eigenvalue weighted by Crippen LogP contribution is -2.01. The Labute approximate surface area is 88.9 Å². The molecule has 82 valence electrons. The van der Waals surface area contributed by atoms with Crippen LogP contribution in [0.2, 0.25) is 0 Å². The molecule has 0 aliphatic rings. The van der Waals surface area contributed by atoms with Gasteiger partial charge in [-0.05, 0) is 23.3 Å². The third kappa shape index (κ3) is 2.22. The van der Waals surface area contributed by atoms with Crippen LogP contribution in [0.3, 0.4) is 0 Å². The van der Waals surface area contributed by atoms with Crippen LogP contribution in [0.1, 0.15) is 5.56 Å². The molecule has 4 heteroatoms. The zero-order valence-corrected chi connectivity index (χ0v) is 8.91. The minimum atomic E-state index is -0.0198.